The van der Waals surface area contributed by atoms with Crippen molar-refractivity contribution < 1.29 is 14.3 Å². The van der Waals surface area contributed by atoms with Gasteiger partial charge in [0.25, 0.3) is 0 Å². The Morgan fingerprint density at radius 1 is 1.53 bits per heavy atom. The highest BCUT2D eigenvalue weighted by Crippen LogP contribution is 2.14. The lowest BCUT2D eigenvalue weighted by molar-refractivity contribution is -0.134. The van der Waals surface area contributed by atoms with Crippen LogP contribution in [0.5, 0.6) is 0 Å². The van der Waals surface area contributed by atoms with Crippen molar-refractivity contribution in [2.75, 3.05) is 26.3 Å². The first kappa shape index (κ1) is 14.8. The Labute approximate surface area is 115 Å². The molecule has 2 saturated heterocycles. The van der Waals surface area contributed by atoms with Crippen LogP contribution < -0.4 is 10.6 Å². The summed E-state index contributed by atoms with van der Waals surface area (Å²) in [5.41, 5.74) is 0. The number of nitrogens with one attached hydrogen (secondary N) is 2. The summed E-state index contributed by atoms with van der Waals surface area (Å²) < 4.78 is 11.1. The SMILES string of the molecule is CC(OCC1CCCO1)C(=O)NC1CNCCC1C. The molecule has 0 radical (unpaired) electrons. The molecule has 4 atom stereocenters. The Bertz CT molecular complexity index is 292. The Kier molecular flexibility index (Phi) is 5.60. The first-order valence-corrected chi connectivity index (χ1v) is 7.41. The van der Waals surface area contributed by atoms with Crippen molar-refractivity contribution in [2.24, 2.45) is 5.92 Å². The third-order valence-corrected chi connectivity index (χ3v) is 4.08. The average molecular weight is 270 g/mol. The van der Waals surface area contributed by atoms with E-state index in [4.69, 9.17) is 9.47 Å². The monoisotopic (exact) mass is 270 g/mol. The van der Waals surface area contributed by atoms with E-state index in [1.54, 1.807) is 0 Å². The Hall–Kier alpha value is -0.650. The summed E-state index contributed by atoms with van der Waals surface area (Å²) in [5.74, 6) is 0.508. The van der Waals surface area contributed by atoms with Gasteiger partial charge in [0.05, 0.1) is 12.7 Å². The van der Waals surface area contributed by atoms with E-state index < -0.39 is 6.10 Å². The molecule has 0 aromatic carbocycles. The summed E-state index contributed by atoms with van der Waals surface area (Å²) in [6, 6.07) is 0.218. The lowest BCUT2D eigenvalue weighted by Crippen LogP contribution is -2.52. The number of carbonyl (C=O) groups is 1. The van der Waals surface area contributed by atoms with Crippen molar-refractivity contribution >= 4 is 5.91 Å². The third-order valence-electron chi connectivity index (χ3n) is 4.08. The molecule has 5 nitrogen and oxygen atoms in total. The third kappa shape index (κ3) is 4.44. The van der Waals surface area contributed by atoms with Crippen LogP contribution in [0.25, 0.3) is 0 Å². The van der Waals surface area contributed by atoms with Gasteiger partial charge in [-0.2, -0.15) is 0 Å². The minimum Gasteiger partial charge on any atom is -0.376 e. The van der Waals surface area contributed by atoms with E-state index in [9.17, 15) is 4.79 Å². The molecule has 2 aliphatic heterocycles. The predicted molar refractivity (Wildman–Crippen MR) is 73.0 cm³/mol. The molecule has 0 bridgehead atoms. The molecule has 110 valence electrons. The van der Waals surface area contributed by atoms with Gasteiger partial charge in [-0.15, -0.1) is 0 Å². The van der Waals surface area contributed by atoms with Crippen LogP contribution in [0.4, 0.5) is 0 Å². The van der Waals surface area contributed by atoms with Crippen molar-refractivity contribution in [3.63, 3.8) is 0 Å². The number of ether oxygens (including phenoxy) is 2. The highest BCUT2D eigenvalue weighted by Gasteiger charge is 2.25. The van der Waals surface area contributed by atoms with Gasteiger partial charge in [0, 0.05) is 19.2 Å². The zero-order valence-corrected chi connectivity index (χ0v) is 12.0. The minimum absolute atomic E-state index is 0.0152. The molecular formula is C14H26N2O3. The molecule has 2 heterocycles. The van der Waals surface area contributed by atoms with Gasteiger partial charge in [-0.25, -0.2) is 0 Å². The molecule has 0 spiro atoms. The topological polar surface area (TPSA) is 59.6 Å². The molecule has 19 heavy (non-hydrogen) atoms. The van der Waals surface area contributed by atoms with Crippen molar-refractivity contribution in [3.05, 3.63) is 0 Å². The first-order chi connectivity index (χ1) is 9.16. The van der Waals surface area contributed by atoms with Crippen LogP contribution in [-0.2, 0) is 14.3 Å². The van der Waals surface area contributed by atoms with Crippen LogP contribution in [0.1, 0.15) is 33.1 Å². The van der Waals surface area contributed by atoms with Crippen molar-refractivity contribution in [1.82, 2.24) is 10.6 Å². The van der Waals surface area contributed by atoms with Crippen LogP contribution in [0.15, 0.2) is 0 Å². The van der Waals surface area contributed by atoms with Crippen LogP contribution in [0, 0.1) is 5.92 Å². The largest absolute Gasteiger partial charge is 0.376 e. The van der Waals surface area contributed by atoms with Crippen LogP contribution in [0.3, 0.4) is 0 Å². The van der Waals surface area contributed by atoms with Gasteiger partial charge in [-0.1, -0.05) is 6.92 Å². The summed E-state index contributed by atoms with van der Waals surface area (Å²) in [4.78, 5) is 12.1. The van der Waals surface area contributed by atoms with E-state index in [0.717, 1.165) is 39.0 Å². The maximum Gasteiger partial charge on any atom is 0.249 e. The van der Waals surface area contributed by atoms with E-state index in [1.165, 1.54) is 0 Å². The number of amides is 1. The second-order valence-electron chi connectivity index (χ2n) is 5.70. The van der Waals surface area contributed by atoms with E-state index in [1.807, 2.05) is 6.92 Å². The Balaban J connectivity index is 1.68. The van der Waals surface area contributed by atoms with E-state index in [-0.39, 0.29) is 18.1 Å². The minimum atomic E-state index is -0.404. The normalized spacial score (nSPS) is 33.1. The molecular weight excluding hydrogens is 244 g/mol. The standard InChI is InChI=1S/C14H26N2O3/c1-10-5-6-15-8-13(10)16-14(17)11(2)19-9-12-4-3-7-18-12/h10-13,15H,3-9H2,1-2H3,(H,16,17). The molecule has 2 fully saturated rings. The summed E-state index contributed by atoms with van der Waals surface area (Å²) in [5, 5.41) is 6.39. The lowest BCUT2D eigenvalue weighted by Gasteiger charge is -2.31. The second kappa shape index (κ2) is 7.22. The summed E-state index contributed by atoms with van der Waals surface area (Å²) in [6.07, 6.45) is 3.01. The maximum absolute atomic E-state index is 12.1. The quantitative estimate of drug-likeness (QED) is 0.771. The smallest absolute Gasteiger partial charge is 0.249 e. The molecule has 1 amide bonds. The summed E-state index contributed by atoms with van der Waals surface area (Å²) in [6.45, 7) is 7.23. The number of carbonyl (C=O) groups excluding carboxylic acids is 1. The lowest BCUT2D eigenvalue weighted by atomic mass is 9.95. The van der Waals surface area contributed by atoms with Gasteiger partial charge < -0.3 is 20.1 Å². The highest BCUT2D eigenvalue weighted by molar-refractivity contribution is 5.80. The predicted octanol–water partition coefficient (Wildman–Crippen LogP) is 0.685. The molecule has 5 heteroatoms. The van der Waals surface area contributed by atoms with Gasteiger partial charge in [-0.3, -0.25) is 4.79 Å². The van der Waals surface area contributed by atoms with E-state index >= 15 is 0 Å². The molecule has 2 aliphatic rings. The highest BCUT2D eigenvalue weighted by atomic mass is 16.5. The van der Waals surface area contributed by atoms with Gasteiger partial charge >= 0.3 is 0 Å². The number of piperidine rings is 1. The van der Waals surface area contributed by atoms with Crippen molar-refractivity contribution in [1.29, 1.82) is 0 Å². The zero-order valence-electron chi connectivity index (χ0n) is 12.0. The Morgan fingerprint density at radius 3 is 3.05 bits per heavy atom. The van der Waals surface area contributed by atoms with Crippen LogP contribution in [0.2, 0.25) is 0 Å². The first-order valence-electron chi connectivity index (χ1n) is 7.41. The fraction of sp³-hybridized carbons (Fsp3) is 0.929. The van der Waals surface area contributed by atoms with E-state index in [2.05, 4.69) is 17.6 Å². The molecule has 0 aliphatic carbocycles. The molecule has 4 unspecified atom stereocenters. The molecule has 2 N–H and O–H groups in total. The van der Waals surface area contributed by atoms with Crippen molar-refractivity contribution in [3.8, 4) is 0 Å². The average Bonchev–Trinajstić information content (AvgIpc) is 2.91. The number of hydrogen-bond acceptors (Lipinski definition) is 4. The Morgan fingerprint density at radius 2 is 2.37 bits per heavy atom. The molecule has 0 saturated carbocycles. The summed E-state index contributed by atoms with van der Waals surface area (Å²) >= 11 is 0. The van der Waals surface area contributed by atoms with Gasteiger partial charge in [0.1, 0.15) is 6.10 Å². The van der Waals surface area contributed by atoms with Crippen LogP contribution >= 0.6 is 0 Å². The van der Waals surface area contributed by atoms with Crippen LogP contribution in [-0.4, -0.2) is 50.5 Å². The fourth-order valence-electron chi connectivity index (χ4n) is 2.59. The van der Waals surface area contributed by atoms with E-state index in [0.29, 0.717) is 12.5 Å². The van der Waals surface area contributed by atoms with Gasteiger partial charge in [0.2, 0.25) is 5.91 Å². The number of hydrogen-bond donors (Lipinski definition) is 2. The van der Waals surface area contributed by atoms with Gasteiger partial charge in [0.15, 0.2) is 0 Å². The number of rotatable bonds is 5. The van der Waals surface area contributed by atoms with Gasteiger partial charge in [-0.05, 0) is 38.6 Å². The second-order valence-corrected chi connectivity index (χ2v) is 5.70. The fourth-order valence-corrected chi connectivity index (χ4v) is 2.59. The van der Waals surface area contributed by atoms with Crippen molar-refractivity contribution in [2.45, 2.75) is 51.4 Å². The zero-order chi connectivity index (χ0) is 13.7. The molecule has 2 rings (SSSR count). The maximum atomic E-state index is 12.1. The molecule has 0 aromatic heterocycles. The molecule has 0 aromatic rings. The summed E-state index contributed by atoms with van der Waals surface area (Å²) in [7, 11) is 0.